The van der Waals surface area contributed by atoms with Gasteiger partial charge in [0.2, 0.25) is 0 Å². The van der Waals surface area contributed by atoms with Crippen LogP contribution in [-0.4, -0.2) is 37.1 Å². The summed E-state index contributed by atoms with van der Waals surface area (Å²) in [5.74, 6) is 0.0236. The van der Waals surface area contributed by atoms with Gasteiger partial charge in [-0.05, 0) is 48.1 Å². The van der Waals surface area contributed by atoms with Gasteiger partial charge in [0.25, 0.3) is 5.91 Å². The van der Waals surface area contributed by atoms with Crippen molar-refractivity contribution in [3.8, 4) is 0 Å². The van der Waals surface area contributed by atoms with Crippen molar-refractivity contribution in [1.29, 1.82) is 0 Å². The van der Waals surface area contributed by atoms with E-state index in [0.717, 1.165) is 57.7 Å². The maximum atomic E-state index is 12.8. The number of aryl methyl sites for hydroxylation is 1. The van der Waals surface area contributed by atoms with Crippen molar-refractivity contribution in [2.75, 3.05) is 26.3 Å². The summed E-state index contributed by atoms with van der Waals surface area (Å²) in [6.07, 6.45) is 3.24. The lowest BCUT2D eigenvalue weighted by Gasteiger charge is -2.27. The number of ether oxygens (including phenoxy) is 1. The lowest BCUT2D eigenvalue weighted by Crippen LogP contribution is -2.35. The van der Waals surface area contributed by atoms with Crippen LogP contribution < -0.4 is 5.32 Å². The van der Waals surface area contributed by atoms with Gasteiger partial charge in [-0.15, -0.1) is 0 Å². The number of amides is 1. The van der Waals surface area contributed by atoms with Gasteiger partial charge in [0, 0.05) is 25.2 Å². The van der Waals surface area contributed by atoms with Crippen LogP contribution in [0.2, 0.25) is 0 Å². The van der Waals surface area contributed by atoms with E-state index in [1.54, 1.807) is 0 Å². The normalized spacial score (nSPS) is 20.4. The molecule has 0 saturated carbocycles. The molecule has 1 aliphatic carbocycles. The van der Waals surface area contributed by atoms with E-state index < -0.39 is 0 Å². The number of morpholine rings is 1. The Morgan fingerprint density at radius 3 is 2.85 bits per heavy atom. The molecule has 1 unspecified atom stereocenters. The van der Waals surface area contributed by atoms with Gasteiger partial charge in [-0.25, -0.2) is 0 Å². The van der Waals surface area contributed by atoms with Crippen LogP contribution >= 0.6 is 0 Å². The monoisotopic (exact) mass is 350 g/mol. The molecular weight excluding hydrogens is 324 g/mol. The summed E-state index contributed by atoms with van der Waals surface area (Å²) >= 11 is 0. The molecule has 0 spiro atoms. The molecule has 4 heteroatoms. The molecule has 2 aliphatic rings. The van der Waals surface area contributed by atoms with Gasteiger partial charge in [-0.1, -0.05) is 36.4 Å². The van der Waals surface area contributed by atoms with Crippen LogP contribution in [0.25, 0.3) is 0 Å². The first kappa shape index (κ1) is 17.3. The Balaban J connectivity index is 1.44. The van der Waals surface area contributed by atoms with Crippen molar-refractivity contribution >= 4 is 5.91 Å². The highest BCUT2D eigenvalue weighted by atomic mass is 16.5. The fraction of sp³-hybridized carbons (Fsp3) is 0.409. The summed E-state index contributed by atoms with van der Waals surface area (Å²) < 4.78 is 5.41. The van der Waals surface area contributed by atoms with Crippen molar-refractivity contribution < 1.29 is 9.53 Å². The first-order valence-corrected chi connectivity index (χ1v) is 9.57. The molecule has 136 valence electrons. The largest absolute Gasteiger partial charge is 0.379 e. The number of carbonyl (C=O) groups excluding carboxylic acids is 1. The summed E-state index contributed by atoms with van der Waals surface area (Å²) in [7, 11) is 0. The summed E-state index contributed by atoms with van der Waals surface area (Å²) in [6, 6.07) is 16.6. The topological polar surface area (TPSA) is 41.6 Å². The summed E-state index contributed by atoms with van der Waals surface area (Å²) in [6.45, 7) is 4.36. The Labute approximate surface area is 155 Å². The number of nitrogens with zero attached hydrogens (tertiary/aromatic N) is 1. The fourth-order valence-corrected chi connectivity index (χ4v) is 3.97. The van der Waals surface area contributed by atoms with E-state index in [2.05, 4.69) is 40.5 Å². The average molecular weight is 350 g/mol. The Morgan fingerprint density at radius 2 is 1.96 bits per heavy atom. The number of carbonyl (C=O) groups is 1. The van der Waals surface area contributed by atoms with Crippen molar-refractivity contribution in [3.05, 3.63) is 70.8 Å². The summed E-state index contributed by atoms with van der Waals surface area (Å²) in [4.78, 5) is 15.2. The van der Waals surface area contributed by atoms with Gasteiger partial charge < -0.3 is 10.1 Å². The van der Waals surface area contributed by atoms with Gasteiger partial charge in [-0.3, -0.25) is 9.69 Å². The molecule has 1 aliphatic heterocycles. The van der Waals surface area contributed by atoms with Crippen molar-refractivity contribution in [2.24, 2.45) is 0 Å². The lowest BCUT2D eigenvalue weighted by atomic mass is 9.87. The van der Waals surface area contributed by atoms with Crippen molar-refractivity contribution in [2.45, 2.75) is 31.8 Å². The predicted octanol–water partition coefficient (Wildman–Crippen LogP) is 3.33. The summed E-state index contributed by atoms with van der Waals surface area (Å²) in [5.41, 5.74) is 4.57. The number of rotatable bonds is 4. The van der Waals surface area contributed by atoms with E-state index in [-0.39, 0.29) is 11.9 Å². The molecule has 26 heavy (non-hydrogen) atoms. The van der Waals surface area contributed by atoms with E-state index in [9.17, 15) is 4.79 Å². The molecule has 1 fully saturated rings. The van der Waals surface area contributed by atoms with Crippen LogP contribution in [0, 0.1) is 0 Å². The number of hydrogen-bond acceptors (Lipinski definition) is 3. The minimum atomic E-state index is 0.0236. The van der Waals surface area contributed by atoms with Gasteiger partial charge in [0.1, 0.15) is 0 Å². The molecule has 1 N–H and O–H groups in total. The Morgan fingerprint density at radius 1 is 1.12 bits per heavy atom. The third-order valence-corrected chi connectivity index (χ3v) is 5.37. The van der Waals surface area contributed by atoms with Crippen LogP contribution in [-0.2, 0) is 17.7 Å². The van der Waals surface area contributed by atoms with Gasteiger partial charge in [-0.2, -0.15) is 0 Å². The highest BCUT2D eigenvalue weighted by Gasteiger charge is 2.22. The molecule has 1 atom stereocenters. The maximum absolute atomic E-state index is 12.8. The summed E-state index contributed by atoms with van der Waals surface area (Å²) in [5, 5.41) is 3.25. The predicted molar refractivity (Wildman–Crippen MR) is 102 cm³/mol. The van der Waals surface area contributed by atoms with E-state index in [0.29, 0.717) is 0 Å². The highest BCUT2D eigenvalue weighted by Crippen LogP contribution is 2.29. The number of benzene rings is 2. The molecule has 0 aromatic heterocycles. The highest BCUT2D eigenvalue weighted by molar-refractivity contribution is 5.94. The minimum absolute atomic E-state index is 0.0236. The third-order valence-electron chi connectivity index (χ3n) is 5.37. The van der Waals surface area contributed by atoms with Crippen molar-refractivity contribution in [1.82, 2.24) is 10.2 Å². The molecule has 0 radical (unpaired) electrons. The molecule has 4 rings (SSSR count). The van der Waals surface area contributed by atoms with Crippen LogP contribution in [0.4, 0.5) is 0 Å². The Bertz CT molecular complexity index is 768. The maximum Gasteiger partial charge on any atom is 0.251 e. The lowest BCUT2D eigenvalue weighted by molar-refractivity contribution is 0.0342. The molecular formula is C22H26N2O2. The zero-order chi connectivity index (χ0) is 17.8. The van der Waals surface area contributed by atoms with Crippen LogP contribution in [0.1, 0.15) is 45.9 Å². The third kappa shape index (κ3) is 3.97. The van der Waals surface area contributed by atoms with E-state index >= 15 is 0 Å². The number of hydrogen-bond donors (Lipinski definition) is 1. The smallest absolute Gasteiger partial charge is 0.251 e. The zero-order valence-corrected chi connectivity index (χ0v) is 15.1. The van der Waals surface area contributed by atoms with Gasteiger partial charge in [0.15, 0.2) is 0 Å². The number of nitrogens with one attached hydrogen (secondary N) is 1. The van der Waals surface area contributed by atoms with Crippen LogP contribution in [0.15, 0.2) is 48.5 Å². The fourth-order valence-electron chi connectivity index (χ4n) is 3.97. The van der Waals surface area contributed by atoms with Crippen molar-refractivity contribution in [3.63, 3.8) is 0 Å². The average Bonchev–Trinajstić information content (AvgIpc) is 2.69. The van der Waals surface area contributed by atoms with E-state index in [1.807, 2.05) is 18.2 Å². The Hall–Kier alpha value is -2.17. The second-order valence-corrected chi connectivity index (χ2v) is 7.21. The molecule has 1 amide bonds. The van der Waals surface area contributed by atoms with E-state index in [1.165, 1.54) is 16.7 Å². The molecule has 1 heterocycles. The van der Waals surface area contributed by atoms with E-state index in [4.69, 9.17) is 4.74 Å². The van der Waals surface area contributed by atoms with Gasteiger partial charge >= 0.3 is 0 Å². The van der Waals surface area contributed by atoms with Crippen LogP contribution in [0.3, 0.4) is 0 Å². The molecule has 2 aromatic carbocycles. The second-order valence-electron chi connectivity index (χ2n) is 7.21. The molecule has 1 saturated heterocycles. The SMILES string of the molecule is O=C(NC1CCCc2ccccc21)c1cccc(CN2CCOCC2)c1. The zero-order valence-electron chi connectivity index (χ0n) is 15.1. The standard InChI is InChI=1S/C22H26N2O2/c25-22(23-21-10-4-7-18-6-1-2-9-20(18)21)19-8-3-5-17(15-19)16-24-11-13-26-14-12-24/h1-3,5-6,8-9,15,21H,4,7,10-14,16H2,(H,23,25). The molecule has 4 nitrogen and oxygen atoms in total. The van der Waals surface area contributed by atoms with Gasteiger partial charge in [0.05, 0.1) is 19.3 Å². The number of fused-ring (bicyclic) bond motifs is 1. The quantitative estimate of drug-likeness (QED) is 0.920. The first-order valence-electron chi connectivity index (χ1n) is 9.57. The second kappa shape index (κ2) is 8.02. The van der Waals surface area contributed by atoms with Crippen LogP contribution in [0.5, 0.6) is 0 Å². The Kier molecular flexibility index (Phi) is 5.32. The minimum Gasteiger partial charge on any atom is -0.379 e. The molecule has 2 aromatic rings. The molecule has 0 bridgehead atoms. The first-order chi connectivity index (χ1) is 12.8.